The van der Waals surface area contributed by atoms with Gasteiger partial charge < -0.3 is 20.1 Å². The van der Waals surface area contributed by atoms with Crippen LogP contribution in [0.1, 0.15) is 16.8 Å². The largest absolute Gasteiger partial charge is 0.573 e. The molecule has 0 radical (unpaired) electrons. The molecule has 3 aromatic rings. The fourth-order valence-corrected chi connectivity index (χ4v) is 3.49. The van der Waals surface area contributed by atoms with Crippen molar-refractivity contribution in [2.24, 2.45) is 0 Å². The molecule has 0 bridgehead atoms. The highest BCUT2D eigenvalue weighted by atomic mass is 19.4. The summed E-state index contributed by atoms with van der Waals surface area (Å²) in [5.74, 6) is -1.16. The average Bonchev–Trinajstić information content (AvgIpc) is 3.20. The van der Waals surface area contributed by atoms with E-state index in [0.29, 0.717) is 30.9 Å². The summed E-state index contributed by atoms with van der Waals surface area (Å²) in [4.78, 5) is 22.9. The number of hydrogen-bond donors (Lipinski definition) is 2. The maximum absolute atomic E-state index is 14.5. The zero-order chi connectivity index (χ0) is 23.6. The molecule has 2 aromatic heterocycles. The monoisotopic (exact) mass is 462 g/mol. The van der Waals surface area contributed by atoms with Crippen LogP contribution in [0.3, 0.4) is 0 Å². The number of alkyl halides is 3. The fourth-order valence-electron chi connectivity index (χ4n) is 3.49. The van der Waals surface area contributed by atoms with Gasteiger partial charge in [0.15, 0.2) is 0 Å². The Balaban J connectivity index is 1.61. The summed E-state index contributed by atoms with van der Waals surface area (Å²) < 4.78 is 55.2. The van der Waals surface area contributed by atoms with Crippen molar-refractivity contribution in [1.29, 1.82) is 0 Å². The van der Waals surface area contributed by atoms with Gasteiger partial charge in [0.2, 0.25) is 0 Å². The number of pyridine rings is 2. The van der Waals surface area contributed by atoms with Crippen LogP contribution < -0.4 is 15.0 Å². The van der Waals surface area contributed by atoms with E-state index < -0.39 is 29.9 Å². The summed E-state index contributed by atoms with van der Waals surface area (Å²) >= 11 is 0. The number of β-amino-alcohol motifs (C(OH)–C–C–N with tert-alkyl or cyclic N) is 1. The lowest BCUT2D eigenvalue weighted by Gasteiger charge is -2.21. The number of nitrogens with zero attached hydrogens (tertiary/aromatic N) is 3. The Morgan fingerprint density at radius 2 is 1.91 bits per heavy atom. The predicted molar refractivity (Wildman–Crippen MR) is 111 cm³/mol. The number of aliphatic hydroxyl groups excluding tert-OH is 1. The smallest absolute Gasteiger partial charge is 0.406 e. The number of benzene rings is 1. The third kappa shape index (κ3) is 5.37. The molecule has 1 aromatic carbocycles. The summed E-state index contributed by atoms with van der Waals surface area (Å²) in [7, 11) is 0. The topological polar surface area (TPSA) is 87.6 Å². The molecule has 7 nitrogen and oxygen atoms in total. The first-order chi connectivity index (χ1) is 15.7. The van der Waals surface area contributed by atoms with Crippen molar-refractivity contribution in [2.75, 3.05) is 23.3 Å². The van der Waals surface area contributed by atoms with Gasteiger partial charge in [0.1, 0.15) is 17.4 Å². The molecule has 172 valence electrons. The molecule has 1 saturated heterocycles. The highest BCUT2D eigenvalue weighted by Crippen LogP contribution is 2.33. The number of ether oxygens (including phenoxy) is 1. The zero-order valence-electron chi connectivity index (χ0n) is 17.0. The average molecular weight is 462 g/mol. The lowest BCUT2D eigenvalue weighted by Crippen LogP contribution is -2.23. The molecule has 0 saturated carbocycles. The minimum atomic E-state index is -4.82. The third-order valence-electron chi connectivity index (χ3n) is 5.00. The van der Waals surface area contributed by atoms with Crippen molar-refractivity contribution in [3.63, 3.8) is 0 Å². The normalized spacial score (nSPS) is 16.0. The Morgan fingerprint density at radius 3 is 2.55 bits per heavy atom. The van der Waals surface area contributed by atoms with Crippen LogP contribution in [-0.2, 0) is 0 Å². The maximum Gasteiger partial charge on any atom is 0.573 e. The number of carbonyl (C=O) groups excluding carboxylic acids is 1. The van der Waals surface area contributed by atoms with Gasteiger partial charge in [-0.25, -0.2) is 9.37 Å². The van der Waals surface area contributed by atoms with E-state index in [0.717, 1.165) is 12.1 Å². The summed E-state index contributed by atoms with van der Waals surface area (Å²) in [6.45, 7) is 0.834. The molecule has 0 spiro atoms. The molecular weight excluding hydrogens is 444 g/mol. The first kappa shape index (κ1) is 22.5. The molecule has 11 heteroatoms. The van der Waals surface area contributed by atoms with Crippen molar-refractivity contribution in [3.8, 4) is 16.9 Å². The van der Waals surface area contributed by atoms with E-state index >= 15 is 0 Å². The van der Waals surface area contributed by atoms with Crippen LogP contribution >= 0.6 is 0 Å². The van der Waals surface area contributed by atoms with Crippen LogP contribution in [0.5, 0.6) is 5.75 Å². The van der Waals surface area contributed by atoms with E-state index in [9.17, 15) is 27.5 Å². The van der Waals surface area contributed by atoms with E-state index in [1.54, 1.807) is 4.90 Å². The van der Waals surface area contributed by atoms with Gasteiger partial charge in [-0.15, -0.1) is 13.2 Å². The van der Waals surface area contributed by atoms with E-state index in [1.165, 1.54) is 42.9 Å². The standard InChI is InChI=1S/C22H18F4N4O3/c23-19-5-7-27-11-18(19)17-9-13(10-28-20(17)30-8-6-15(31)12-30)21(32)29-14-1-3-16(4-2-14)33-22(24,25)26/h1-5,7,9-11,15,31H,6,8,12H2,(H,29,32)/t15-/m1/s1. The molecule has 1 fully saturated rings. The molecule has 1 aliphatic heterocycles. The SMILES string of the molecule is O=C(Nc1ccc(OC(F)(F)F)cc1)c1cnc(N2CC[C@@H](O)C2)c(-c2cnccc2F)c1. The summed E-state index contributed by atoms with van der Waals surface area (Å²) in [5, 5.41) is 12.4. The number of hydrogen-bond acceptors (Lipinski definition) is 6. The second-order valence-corrected chi connectivity index (χ2v) is 7.37. The quantitative estimate of drug-likeness (QED) is 0.558. The molecule has 33 heavy (non-hydrogen) atoms. The number of anilines is 2. The molecule has 2 N–H and O–H groups in total. The van der Waals surface area contributed by atoms with Crippen LogP contribution in [0.2, 0.25) is 0 Å². The molecule has 0 unspecified atom stereocenters. The highest BCUT2D eigenvalue weighted by molar-refractivity contribution is 6.05. The molecule has 1 aliphatic rings. The van der Waals surface area contributed by atoms with Crippen LogP contribution in [0, 0.1) is 5.82 Å². The number of nitrogens with one attached hydrogen (secondary N) is 1. The minimum Gasteiger partial charge on any atom is -0.406 e. The molecular formula is C22H18F4N4O3. The van der Waals surface area contributed by atoms with Gasteiger partial charge in [-0.1, -0.05) is 0 Å². The number of aromatic nitrogens is 2. The number of halogens is 4. The van der Waals surface area contributed by atoms with Gasteiger partial charge in [0, 0.05) is 48.5 Å². The van der Waals surface area contributed by atoms with Crippen LogP contribution in [0.15, 0.2) is 55.0 Å². The molecule has 1 amide bonds. The summed E-state index contributed by atoms with van der Waals surface area (Å²) in [5.41, 5.74) is 0.809. The van der Waals surface area contributed by atoms with E-state index in [2.05, 4.69) is 20.0 Å². The number of amides is 1. The van der Waals surface area contributed by atoms with Crippen LogP contribution in [0.25, 0.3) is 11.1 Å². The maximum atomic E-state index is 14.5. The van der Waals surface area contributed by atoms with Crippen molar-refractivity contribution >= 4 is 17.4 Å². The van der Waals surface area contributed by atoms with E-state index in [1.807, 2.05) is 0 Å². The van der Waals surface area contributed by atoms with Crippen molar-refractivity contribution in [3.05, 3.63) is 66.4 Å². The molecule has 0 aliphatic carbocycles. The van der Waals surface area contributed by atoms with Gasteiger partial charge >= 0.3 is 6.36 Å². The second kappa shape index (κ2) is 9.02. The summed E-state index contributed by atoms with van der Waals surface area (Å²) in [6, 6.07) is 7.31. The fraction of sp³-hybridized carbons (Fsp3) is 0.227. The molecule has 4 rings (SSSR count). The summed E-state index contributed by atoms with van der Waals surface area (Å²) in [6.07, 6.45) is -0.883. The Hall–Kier alpha value is -3.73. The second-order valence-electron chi connectivity index (χ2n) is 7.37. The van der Waals surface area contributed by atoms with E-state index in [4.69, 9.17) is 0 Å². The van der Waals surface area contributed by atoms with Gasteiger partial charge in [0.25, 0.3) is 5.91 Å². The predicted octanol–water partition coefficient (Wildman–Crippen LogP) is 4.00. The van der Waals surface area contributed by atoms with Crippen LogP contribution in [-0.4, -0.2) is 46.5 Å². The van der Waals surface area contributed by atoms with Gasteiger partial charge in [-0.05, 0) is 42.8 Å². The molecule has 3 heterocycles. The number of rotatable bonds is 5. The zero-order valence-corrected chi connectivity index (χ0v) is 17.0. The number of carbonyl (C=O) groups is 1. The lowest BCUT2D eigenvalue weighted by atomic mass is 10.0. The first-order valence-electron chi connectivity index (χ1n) is 9.90. The number of aliphatic hydroxyl groups is 1. The van der Waals surface area contributed by atoms with Gasteiger partial charge in [-0.2, -0.15) is 0 Å². The highest BCUT2D eigenvalue weighted by Gasteiger charge is 2.31. The Kier molecular flexibility index (Phi) is 6.14. The van der Waals surface area contributed by atoms with Crippen molar-refractivity contribution < 1.29 is 32.2 Å². The first-order valence-corrected chi connectivity index (χ1v) is 9.90. The van der Waals surface area contributed by atoms with E-state index in [-0.39, 0.29) is 16.8 Å². The van der Waals surface area contributed by atoms with Crippen molar-refractivity contribution in [1.82, 2.24) is 9.97 Å². The molecule has 1 atom stereocenters. The minimum absolute atomic E-state index is 0.104. The Bertz CT molecular complexity index is 1160. The Morgan fingerprint density at radius 1 is 1.15 bits per heavy atom. The van der Waals surface area contributed by atoms with Crippen LogP contribution in [0.4, 0.5) is 29.1 Å². The Labute approximate surface area is 185 Å². The van der Waals surface area contributed by atoms with Crippen molar-refractivity contribution in [2.45, 2.75) is 18.9 Å². The van der Waals surface area contributed by atoms with Gasteiger partial charge in [-0.3, -0.25) is 9.78 Å². The lowest BCUT2D eigenvalue weighted by molar-refractivity contribution is -0.274. The third-order valence-corrected chi connectivity index (χ3v) is 5.00. The van der Waals surface area contributed by atoms with Gasteiger partial charge in [0.05, 0.1) is 11.7 Å².